The van der Waals surface area contributed by atoms with Gasteiger partial charge in [-0.2, -0.15) is 5.10 Å². The molecule has 0 saturated heterocycles. The molecule has 3 heteroatoms. The van der Waals surface area contributed by atoms with E-state index in [-0.39, 0.29) is 0 Å². The van der Waals surface area contributed by atoms with E-state index >= 15 is 0 Å². The standard InChI is InChI=1S/C11H16N2O/c14-11(10-7-8-12-13-10)9-5-3-1-2-4-6-9/h5,7-8,11,14H,1-4,6H2,(H,12,13). The lowest BCUT2D eigenvalue weighted by atomic mass is 10.0. The summed E-state index contributed by atoms with van der Waals surface area (Å²) in [7, 11) is 0. The Labute approximate surface area is 83.8 Å². The van der Waals surface area contributed by atoms with Gasteiger partial charge in [0.2, 0.25) is 0 Å². The molecule has 1 unspecified atom stereocenters. The Kier molecular flexibility index (Phi) is 2.99. The molecule has 0 spiro atoms. The molecule has 1 heterocycles. The summed E-state index contributed by atoms with van der Waals surface area (Å²) in [5, 5.41) is 16.7. The van der Waals surface area contributed by atoms with Crippen molar-refractivity contribution >= 4 is 0 Å². The van der Waals surface area contributed by atoms with Crippen LogP contribution in [0.15, 0.2) is 23.9 Å². The van der Waals surface area contributed by atoms with Crippen molar-refractivity contribution in [3.63, 3.8) is 0 Å². The third kappa shape index (κ3) is 2.04. The normalized spacial score (nSPS) is 19.9. The van der Waals surface area contributed by atoms with E-state index in [2.05, 4.69) is 16.3 Å². The van der Waals surface area contributed by atoms with Crippen molar-refractivity contribution in [1.29, 1.82) is 0 Å². The number of nitrogens with one attached hydrogen (secondary N) is 1. The van der Waals surface area contributed by atoms with Crippen molar-refractivity contribution in [3.8, 4) is 0 Å². The second kappa shape index (κ2) is 4.42. The van der Waals surface area contributed by atoms with Gasteiger partial charge in [-0.05, 0) is 37.3 Å². The Hall–Kier alpha value is -1.09. The summed E-state index contributed by atoms with van der Waals surface area (Å²) in [6.45, 7) is 0. The predicted molar refractivity (Wildman–Crippen MR) is 54.7 cm³/mol. The van der Waals surface area contributed by atoms with E-state index in [1.54, 1.807) is 6.20 Å². The minimum Gasteiger partial charge on any atom is -0.382 e. The van der Waals surface area contributed by atoms with E-state index in [1.807, 2.05) is 6.07 Å². The van der Waals surface area contributed by atoms with Crippen LogP contribution in [0.25, 0.3) is 0 Å². The van der Waals surface area contributed by atoms with E-state index in [0.717, 1.165) is 24.1 Å². The van der Waals surface area contributed by atoms with Crippen LogP contribution in [-0.4, -0.2) is 15.3 Å². The van der Waals surface area contributed by atoms with Crippen LogP contribution < -0.4 is 0 Å². The quantitative estimate of drug-likeness (QED) is 0.706. The fourth-order valence-corrected chi connectivity index (χ4v) is 1.91. The molecule has 0 radical (unpaired) electrons. The SMILES string of the molecule is OC(C1=CCCCCC1)c1ccn[nH]1. The maximum Gasteiger partial charge on any atom is 0.116 e. The number of rotatable bonds is 2. The lowest BCUT2D eigenvalue weighted by molar-refractivity contribution is 0.205. The van der Waals surface area contributed by atoms with Crippen molar-refractivity contribution in [2.24, 2.45) is 0 Å². The van der Waals surface area contributed by atoms with Crippen molar-refractivity contribution in [1.82, 2.24) is 10.2 Å². The minimum absolute atomic E-state index is 0.476. The van der Waals surface area contributed by atoms with Gasteiger partial charge < -0.3 is 5.11 Å². The third-order valence-corrected chi connectivity index (χ3v) is 2.74. The number of nitrogens with zero attached hydrogens (tertiary/aromatic N) is 1. The average Bonchev–Trinajstić information content (AvgIpc) is 2.59. The van der Waals surface area contributed by atoms with Crippen molar-refractivity contribution in [2.75, 3.05) is 0 Å². The van der Waals surface area contributed by atoms with E-state index in [1.165, 1.54) is 19.3 Å². The lowest BCUT2D eigenvalue weighted by Crippen LogP contribution is -2.02. The van der Waals surface area contributed by atoms with Gasteiger partial charge in [-0.1, -0.05) is 12.5 Å². The molecule has 76 valence electrons. The number of aliphatic hydroxyl groups is 1. The fraction of sp³-hybridized carbons (Fsp3) is 0.545. The van der Waals surface area contributed by atoms with Crippen molar-refractivity contribution in [3.05, 3.63) is 29.6 Å². The largest absolute Gasteiger partial charge is 0.382 e. The topological polar surface area (TPSA) is 48.9 Å². The number of aromatic nitrogens is 2. The molecule has 0 saturated carbocycles. The van der Waals surface area contributed by atoms with Gasteiger partial charge in [0, 0.05) is 6.20 Å². The molecule has 0 aromatic carbocycles. The van der Waals surface area contributed by atoms with Crippen molar-refractivity contribution < 1.29 is 5.11 Å². The monoisotopic (exact) mass is 192 g/mol. The van der Waals surface area contributed by atoms with E-state index in [9.17, 15) is 5.11 Å². The molecule has 0 bridgehead atoms. The molecule has 14 heavy (non-hydrogen) atoms. The summed E-state index contributed by atoms with van der Waals surface area (Å²) in [6, 6.07) is 1.83. The zero-order chi connectivity index (χ0) is 9.80. The van der Waals surface area contributed by atoms with E-state index in [4.69, 9.17) is 0 Å². The predicted octanol–water partition coefficient (Wildman–Crippen LogP) is 2.33. The summed E-state index contributed by atoms with van der Waals surface area (Å²) in [5.41, 5.74) is 1.95. The van der Waals surface area contributed by atoms with Crippen LogP contribution in [0.1, 0.15) is 43.9 Å². The summed E-state index contributed by atoms with van der Waals surface area (Å²) < 4.78 is 0. The summed E-state index contributed by atoms with van der Waals surface area (Å²) in [6.07, 6.45) is 9.21. The van der Waals surface area contributed by atoms with Crippen LogP contribution in [-0.2, 0) is 0 Å². The van der Waals surface area contributed by atoms with Crippen molar-refractivity contribution in [2.45, 2.75) is 38.2 Å². The van der Waals surface area contributed by atoms with Crippen LogP contribution in [0, 0.1) is 0 Å². The van der Waals surface area contributed by atoms with Crippen LogP contribution >= 0.6 is 0 Å². The van der Waals surface area contributed by atoms with Gasteiger partial charge in [-0.3, -0.25) is 5.10 Å². The molecule has 1 aromatic rings. The minimum atomic E-state index is -0.476. The Morgan fingerprint density at radius 3 is 3.07 bits per heavy atom. The van der Waals surface area contributed by atoms with Crippen LogP contribution in [0.2, 0.25) is 0 Å². The zero-order valence-corrected chi connectivity index (χ0v) is 8.24. The van der Waals surface area contributed by atoms with E-state index in [0.29, 0.717) is 0 Å². The highest BCUT2D eigenvalue weighted by Gasteiger charge is 2.15. The zero-order valence-electron chi connectivity index (χ0n) is 8.24. The third-order valence-electron chi connectivity index (χ3n) is 2.74. The summed E-state index contributed by atoms with van der Waals surface area (Å²) in [4.78, 5) is 0. The molecule has 2 rings (SSSR count). The number of aromatic amines is 1. The van der Waals surface area contributed by atoms with Crippen LogP contribution in [0.5, 0.6) is 0 Å². The van der Waals surface area contributed by atoms with Gasteiger partial charge in [0.05, 0.1) is 5.69 Å². The smallest absolute Gasteiger partial charge is 0.116 e. The van der Waals surface area contributed by atoms with Crippen LogP contribution in [0.3, 0.4) is 0 Å². The Bertz CT molecular complexity index is 303. The van der Waals surface area contributed by atoms with Gasteiger partial charge in [-0.15, -0.1) is 0 Å². The molecule has 2 N–H and O–H groups in total. The first-order valence-corrected chi connectivity index (χ1v) is 5.24. The van der Waals surface area contributed by atoms with Gasteiger partial charge in [0.15, 0.2) is 0 Å². The van der Waals surface area contributed by atoms with Gasteiger partial charge >= 0.3 is 0 Å². The molecule has 1 aliphatic carbocycles. The summed E-state index contributed by atoms with van der Waals surface area (Å²) in [5.74, 6) is 0. The first-order chi connectivity index (χ1) is 6.88. The molecule has 0 amide bonds. The van der Waals surface area contributed by atoms with Crippen LogP contribution in [0.4, 0.5) is 0 Å². The average molecular weight is 192 g/mol. The Morgan fingerprint density at radius 2 is 2.29 bits per heavy atom. The number of hydrogen-bond donors (Lipinski definition) is 2. The highest BCUT2D eigenvalue weighted by Crippen LogP contribution is 2.27. The number of hydrogen-bond acceptors (Lipinski definition) is 2. The lowest BCUT2D eigenvalue weighted by Gasteiger charge is -2.11. The Balaban J connectivity index is 2.10. The highest BCUT2D eigenvalue weighted by atomic mass is 16.3. The molecule has 1 aromatic heterocycles. The van der Waals surface area contributed by atoms with E-state index < -0.39 is 6.10 Å². The van der Waals surface area contributed by atoms with Gasteiger partial charge in [0.25, 0.3) is 0 Å². The molecular weight excluding hydrogens is 176 g/mol. The first kappa shape index (κ1) is 9.46. The number of allylic oxidation sites excluding steroid dienone is 1. The van der Waals surface area contributed by atoms with Gasteiger partial charge in [-0.25, -0.2) is 0 Å². The second-order valence-electron chi connectivity index (χ2n) is 3.79. The number of H-pyrrole nitrogens is 1. The molecule has 0 fully saturated rings. The molecule has 0 aliphatic heterocycles. The molecule has 1 aliphatic rings. The Morgan fingerprint density at radius 1 is 1.36 bits per heavy atom. The highest BCUT2D eigenvalue weighted by molar-refractivity contribution is 5.19. The maximum absolute atomic E-state index is 10.0. The molecule has 3 nitrogen and oxygen atoms in total. The second-order valence-corrected chi connectivity index (χ2v) is 3.79. The number of aliphatic hydroxyl groups excluding tert-OH is 1. The summed E-state index contributed by atoms with van der Waals surface area (Å²) >= 11 is 0. The van der Waals surface area contributed by atoms with Gasteiger partial charge in [0.1, 0.15) is 6.10 Å². The fourth-order valence-electron chi connectivity index (χ4n) is 1.91. The molecule has 1 atom stereocenters. The first-order valence-electron chi connectivity index (χ1n) is 5.24. The maximum atomic E-state index is 10.0. The molecular formula is C11H16N2O.